The van der Waals surface area contributed by atoms with Crippen LogP contribution in [0.15, 0.2) is 21.7 Å². The van der Waals surface area contributed by atoms with Crippen molar-refractivity contribution < 1.29 is 4.79 Å². The molecular weight excluding hydrogens is 350 g/mol. The molecule has 2 heterocycles. The van der Waals surface area contributed by atoms with E-state index in [1.165, 1.54) is 23.7 Å². The van der Waals surface area contributed by atoms with Crippen molar-refractivity contribution in [1.82, 2.24) is 9.97 Å². The fourth-order valence-corrected chi connectivity index (χ4v) is 3.13. The van der Waals surface area contributed by atoms with E-state index in [1.54, 1.807) is 0 Å². The Kier molecular flexibility index (Phi) is 4.33. The average molecular weight is 360 g/mol. The highest BCUT2D eigenvalue weighted by atomic mass is 79.9. The normalized spacial score (nSPS) is 10.4. The molecule has 2 rings (SSSR count). The van der Waals surface area contributed by atoms with Crippen LogP contribution in [-0.2, 0) is 11.2 Å². The van der Waals surface area contributed by atoms with Gasteiger partial charge < -0.3 is 15.3 Å². The summed E-state index contributed by atoms with van der Waals surface area (Å²) in [4.78, 5) is 30.2. The van der Waals surface area contributed by atoms with E-state index >= 15 is 0 Å². The number of hydrogen-bond acceptors (Lipinski definition) is 4. The number of carbonyl (C=O) groups is 1. The highest BCUT2D eigenvalue weighted by Crippen LogP contribution is 2.15. The quantitative estimate of drug-likeness (QED) is 0.737. The highest BCUT2D eigenvalue weighted by Gasteiger charge is 2.11. The van der Waals surface area contributed by atoms with Crippen molar-refractivity contribution in [3.63, 3.8) is 0 Å². The summed E-state index contributed by atoms with van der Waals surface area (Å²) in [5.41, 5.74) is 0.843. The van der Waals surface area contributed by atoms with E-state index in [1.807, 2.05) is 6.92 Å². The zero-order valence-electron chi connectivity index (χ0n) is 9.87. The molecule has 5 nitrogen and oxygen atoms in total. The first-order chi connectivity index (χ1) is 8.97. The second kappa shape index (κ2) is 5.81. The minimum atomic E-state index is -0.259. The SMILES string of the molecule is Cc1[nH]c(=S)sc1CC(=O)Nc1c[nH]cc(Br)c1=O. The second-order valence-electron chi connectivity index (χ2n) is 3.83. The largest absolute Gasteiger partial charge is 0.365 e. The summed E-state index contributed by atoms with van der Waals surface area (Å²) in [6.07, 6.45) is 3.16. The van der Waals surface area contributed by atoms with Gasteiger partial charge in [0.1, 0.15) is 5.69 Å². The molecule has 0 fully saturated rings. The molecule has 0 bridgehead atoms. The smallest absolute Gasteiger partial charge is 0.229 e. The molecule has 2 aromatic heterocycles. The van der Waals surface area contributed by atoms with Crippen LogP contribution in [0.25, 0.3) is 0 Å². The van der Waals surface area contributed by atoms with Crippen molar-refractivity contribution in [3.05, 3.63) is 41.6 Å². The van der Waals surface area contributed by atoms with Crippen LogP contribution in [0.4, 0.5) is 5.69 Å². The third-order valence-electron chi connectivity index (χ3n) is 2.42. The molecule has 0 spiro atoms. The van der Waals surface area contributed by atoms with E-state index in [0.717, 1.165) is 10.6 Å². The lowest BCUT2D eigenvalue weighted by atomic mass is 10.3. The first kappa shape index (κ1) is 14.2. The molecule has 1 amide bonds. The van der Waals surface area contributed by atoms with Crippen molar-refractivity contribution in [2.75, 3.05) is 5.32 Å². The van der Waals surface area contributed by atoms with Crippen molar-refractivity contribution >= 4 is 51.1 Å². The molecule has 19 heavy (non-hydrogen) atoms. The number of aryl methyl sites for hydroxylation is 1. The van der Waals surface area contributed by atoms with Gasteiger partial charge in [-0.25, -0.2) is 0 Å². The Morgan fingerprint density at radius 3 is 2.89 bits per heavy atom. The predicted octanol–water partition coefficient (Wildman–Crippen LogP) is 2.75. The summed E-state index contributed by atoms with van der Waals surface area (Å²) in [7, 11) is 0. The molecule has 0 aromatic carbocycles. The van der Waals surface area contributed by atoms with Crippen LogP contribution in [0.2, 0.25) is 0 Å². The topological polar surface area (TPSA) is 77.8 Å². The Morgan fingerprint density at radius 1 is 1.53 bits per heavy atom. The molecule has 0 aliphatic heterocycles. The lowest BCUT2D eigenvalue weighted by molar-refractivity contribution is -0.115. The number of pyridine rings is 1. The fourth-order valence-electron chi connectivity index (χ4n) is 1.50. The van der Waals surface area contributed by atoms with Crippen LogP contribution in [0, 0.1) is 10.9 Å². The summed E-state index contributed by atoms with van der Waals surface area (Å²) in [5.74, 6) is -0.253. The number of halogens is 1. The number of nitrogens with one attached hydrogen (secondary N) is 3. The summed E-state index contributed by atoms with van der Waals surface area (Å²) in [6.45, 7) is 1.86. The van der Waals surface area contributed by atoms with Gasteiger partial charge >= 0.3 is 0 Å². The monoisotopic (exact) mass is 359 g/mol. The standard InChI is InChI=1S/C11H10BrN3O2S2/c1-5-8(19-11(18)14-5)2-9(16)15-7-4-13-3-6(12)10(7)17/h3-4H,2H2,1H3,(H,13,17)(H,14,18)(H,15,16). The van der Waals surface area contributed by atoms with E-state index in [9.17, 15) is 9.59 Å². The van der Waals surface area contributed by atoms with Crippen LogP contribution in [0.3, 0.4) is 0 Å². The number of aromatic amines is 2. The summed E-state index contributed by atoms with van der Waals surface area (Å²) < 4.78 is 1.01. The highest BCUT2D eigenvalue weighted by molar-refractivity contribution is 9.10. The molecule has 0 aliphatic carbocycles. The number of amides is 1. The molecule has 0 atom stereocenters. The molecule has 0 radical (unpaired) electrons. The van der Waals surface area contributed by atoms with Gasteiger partial charge in [0.15, 0.2) is 3.95 Å². The predicted molar refractivity (Wildman–Crippen MR) is 81.3 cm³/mol. The number of carbonyl (C=O) groups excluding carboxylic acids is 1. The summed E-state index contributed by atoms with van der Waals surface area (Å²) in [6, 6.07) is 0. The Hall–Kier alpha value is -1.25. The molecule has 100 valence electrons. The summed E-state index contributed by atoms with van der Waals surface area (Å²) in [5, 5.41) is 2.58. The average Bonchev–Trinajstić information content (AvgIpc) is 2.64. The van der Waals surface area contributed by atoms with Crippen LogP contribution >= 0.6 is 39.5 Å². The van der Waals surface area contributed by atoms with Gasteiger partial charge in [0.2, 0.25) is 11.3 Å². The van der Waals surface area contributed by atoms with E-state index in [4.69, 9.17) is 12.2 Å². The molecule has 2 aromatic rings. The van der Waals surface area contributed by atoms with Crippen molar-refractivity contribution in [3.8, 4) is 0 Å². The number of H-pyrrole nitrogens is 2. The first-order valence-electron chi connectivity index (χ1n) is 5.32. The molecule has 0 saturated carbocycles. The van der Waals surface area contributed by atoms with Gasteiger partial charge in [0.25, 0.3) is 0 Å². The summed E-state index contributed by atoms with van der Waals surface area (Å²) >= 11 is 9.48. The maximum atomic E-state index is 11.9. The zero-order valence-corrected chi connectivity index (χ0v) is 13.1. The third kappa shape index (κ3) is 3.40. The lowest BCUT2D eigenvalue weighted by Crippen LogP contribution is -2.20. The molecule has 0 saturated heterocycles. The second-order valence-corrected chi connectivity index (χ2v) is 6.46. The Morgan fingerprint density at radius 2 is 2.26 bits per heavy atom. The van der Waals surface area contributed by atoms with Gasteiger partial charge in [0.05, 0.1) is 10.9 Å². The van der Waals surface area contributed by atoms with Gasteiger partial charge in [-0.3, -0.25) is 9.59 Å². The van der Waals surface area contributed by atoms with Crippen LogP contribution in [0.5, 0.6) is 0 Å². The zero-order chi connectivity index (χ0) is 14.0. The number of thiazole rings is 1. The Labute approximate surface area is 126 Å². The van der Waals surface area contributed by atoms with Gasteiger partial charge in [-0.2, -0.15) is 0 Å². The van der Waals surface area contributed by atoms with E-state index in [-0.39, 0.29) is 23.4 Å². The number of anilines is 1. The Balaban J connectivity index is 2.14. The van der Waals surface area contributed by atoms with Crippen LogP contribution in [0.1, 0.15) is 10.6 Å². The lowest BCUT2D eigenvalue weighted by Gasteiger charge is -2.04. The minimum absolute atomic E-state index is 0.190. The number of aromatic nitrogens is 2. The van der Waals surface area contributed by atoms with Crippen molar-refractivity contribution in [2.24, 2.45) is 0 Å². The molecule has 0 aliphatic rings. The van der Waals surface area contributed by atoms with Gasteiger partial charge in [-0.15, -0.1) is 11.3 Å². The van der Waals surface area contributed by atoms with E-state index in [0.29, 0.717) is 8.43 Å². The van der Waals surface area contributed by atoms with E-state index < -0.39 is 0 Å². The van der Waals surface area contributed by atoms with E-state index in [2.05, 4.69) is 31.2 Å². The van der Waals surface area contributed by atoms with Crippen molar-refractivity contribution in [2.45, 2.75) is 13.3 Å². The fraction of sp³-hybridized carbons (Fsp3) is 0.182. The van der Waals surface area contributed by atoms with Crippen LogP contribution < -0.4 is 10.7 Å². The number of rotatable bonds is 3. The molecule has 0 unspecified atom stereocenters. The van der Waals surface area contributed by atoms with Crippen LogP contribution in [-0.4, -0.2) is 15.9 Å². The third-order valence-corrected chi connectivity index (χ3v) is 4.34. The maximum absolute atomic E-state index is 11.9. The number of hydrogen-bond donors (Lipinski definition) is 3. The van der Waals surface area contributed by atoms with Gasteiger partial charge in [-0.05, 0) is 35.1 Å². The minimum Gasteiger partial charge on any atom is -0.365 e. The molecule has 3 N–H and O–H groups in total. The van der Waals surface area contributed by atoms with Gasteiger partial charge in [-0.1, -0.05) is 0 Å². The first-order valence-corrected chi connectivity index (χ1v) is 7.34. The molecular formula is C11H10BrN3O2S2. The van der Waals surface area contributed by atoms with Gasteiger partial charge in [0, 0.05) is 23.0 Å². The maximum Gasteiger partial charge on any atom is 0.229 e. The van der Waals surface area contributed by atoms with Crippen molar-refractivity contribution in [1.29, 1.82) is 0 Å². The molecule has 8 heteroatoms. The Bertz CT molecular complexity index is 732.